The first-order valence-electron chi connectivity index (χ1n) is 6.11. The molecule has 0 spiro atoms. The maximum absolute atomic E-state index is 5.57. The van der Waals surface area contributed by atoms with Gasteiger partial charge in [-0.2, -0.15) is 0 Å². The number of nitrogens with one attached hydrogen (secondary N) is 1. The molecule has 0 aliphatic heterocycles. The second-order valence-corrected chi connectivity index (χ2v) is 3.87. The second kappa shape index (κ2) is 8.03. The molecule has 1 heterocycles. The summed E-state index contributed by atoms with van der Waals surface area (Å²) in [5.41, 5.74) is 1.10. The molecule has 1 N–H and O–H groups in total. The van der Waals surface area contributed by atoms with Crippen LogP contribution in [0.5, 0.6) is 5.75 Å². The van der Waals surface area contributed by atoms with Crippen LogP contribution in [0.2, 0.25) is 0 Å². The summed E-state index contributed by atoms with van der Waals surface area (Å²) in [6, 6.07) is 2.19. The van der Waals surface area contributed by atoms with Gasteiger partial charge in [0.15, 0.2) is 0 Å². The smallest absolute Gasteiger partial charge is 0.137 e. The number of rotatable bonds is 8. The van der Waals surface area contributed by atoms with Crippen molar-refractivity contribution in [2.24, 2.45) is 0 Å². The Morgan fingerprint density at radius 1 is 1.35 bits per heavy atom. The number of hydrogen-bond donors (Lipinski definition) is 1. The third kappa shape index (κ3) is 4.71. The molecule has 0 saturated heterocycles. The average molecular weight is 238 g/mol. The number of methoxy groups -OCH3 is 1. The summed E-state index contributed by atoms with van der Waals surface area (Å²) < 4.78 is 10.8. The van der Waals surface area contributed by atoms with E-state index in [0.717, 1.165) is 30.9 Å². The van der Waals surface area contributed by atoms with Crippen LogP contribution in [0, 0.1) is 0 Å². The highest BCUT2D eigenvalue weighted by atomic mass is 16.5. The summed E-state index contributed by atoms with van der Waals surface area (Å²) in [4.78, 5) is 4.20. The quantitative estimate of drug-likeness (QED) is 0.753. The van der Waals surface area contributed by atoms with Crippen LogP contribution in [-0.2, 0) is 4.74 Å². The van der Waals surface area contributed by atoms with Gasteiger partial charge in [-0.1, -0.05) is 13.8 Å². The van der Waals surface area contributed by atoms with E-state index in [-0.39, 0.29) is 6.04 Å². The van der Waals surface area contributed by atoms with Crippen molar-refractivity contribution in [2.45, 2.75) is 26.3 Å². The molecule has 96 valence electrons. The summed E-state index contributed by atoms with van der Waals surface area (Å²) in [7, 11) is 1.70. The van der Waals surface area contributed by atoms with Crippen LogP contribution >= 0.6 is 0 Å². The van der Waals surface area contributed by atoms with E-state index in [1.807, 2.05) is 12.3 Å². The van der Waals surface area contributed by atoms with Crippen molar-refractivity contribution < 1.29 is 9.47 Å². The lowest BCUT2D eigenvalue weighted by atomic mass is 10.1. The number of ether oxygens (including phenoxy) is 2. The Morgan fingerprint density at radius 3 is 2.82 bits per heavy atom. The summed E-state index contributed by atoms with van der Waals surface area (Å²) in [5.74, 6) is 0.823. The molecular formula is C13H22N2O2. The van der Waals surface area contributed by atoms with Gasteiger partial charge in [0.2, 0.25) is 0 Å². The van der Waals surface area contributed by atoms with Gasteiger partial charge in [0, 0.05) is 13.3 Å². The highest BCUT2D eigenvalue weighted by molar-refractivity contribution is 5.26. The van der Waals surface area contributed by atoms with E-state index in [1.165, 1.54) is 0 Å². The van der Waals surface area contributed by atoms with Gasteiger partial charge in [0.05, 0.1) is 25.5 Å². The predicted octanol–water partition coefficient (Wildman–Crippen LogP) is 2.17. The monoisotopic (exact) mass is 238 g/mol. The molecule has 0 bridgehead atoms. The number of hydrogen-bond acceptors (Lipinski definition) is 4. The third-order valence-corrected chi connectivity index (χ3v) is 2.39. The fourth-order valence-electron chi connectivity index (χ4n) is 1.61. The topological polar surface area (TPSA) is 43.4 Å². The van der Waals surface area contributed by atoms with Crippen molar-refractivity contribution in [3.63, 3.8) is 0 Å². The number of aromatic nitrogens is 1. The Balaban J connectivity index is 2.72. The van der Waals surface area contributed by atoms with Crippen molar-refractivity contribution in [1.29, 1.82) is 0 Å². The van der Waals surface area contributed by atoms with Crippen LogP contribution in [0.25, 0.3) is 0 Å². The summed E-state index contributed by atoms with van der Waals surface area (Å²) >= 11 is 0. The van der Waals surface area contributed by atoms with Gasteiger partial charge in [-0.05, 0) is 24.6 Å². The zero-order valence-corrected chi connectivity index (χ0v) is 10.9. The molecule has 0 radical (unpaired) electrons. The Kier molecular flexibility index (Phi) is 6.58. The Hall–Kier alpha value is -1.13. The lowest BCUT2D eigenvalue weighted by Gasteiger charge is -2.17. The summed E-state index contributed by atoms with van der Waals surface area (Å²) in [5, 5.41) is 3.36. The molecule has 0 aliphatic carbocycles. The van der Waals surface area contributed by atoms with E-state index in [0.29, 0.717) is 6.61 Å². The lowest BCUT2D eigenvalue weighted by Crippen LogP contribution is -2.25. The molecule has 1 aromatic heterocycles. The first-order valence-corrected chi connectivity index (χ1v) is 6.11. The number of likely N-dealkylation sites (N-methyl/N-ethyl adjacent to an activating group) is 1. The maximum Gasteiger partial charge on any atom is 0.137 e. The maximum atomic E-state index is 5.57. The van der Waals surface area contributed by atoms with Gasteiger partial charge < -0.3 is 14.8 Å². The minimum atomic E-state index is 0.169. The first kappa shape index (κ1) is 13.9. The molecule has 17 heavy (non-hydrogen) atoms. The van der Waals surface area contributed by atoms with E-state index >= 15 is 0 Å². The van der Waals surface area contributed by atoms with Crippen molar-refractivity contribution in [3.8, 4) is 5.75 Å². The minimum absolute atomic E-state index is 0.169. The predicted molar refractivity (Wildman–Crippen MR) is 68.3 cm³/mol. The molecule has 4 nitrogen and oxygen atoms in total. The third-order valence-electron chi connectivity index (χ3n) is 2.39. The van der Waals surface area contributed by atoms with E-state index in [9.17, 15) is 0 Å². The fraction of sp³-hybridized carbons (Fsp3) is 0.615. The lowest BCUT2D eigenvalue weighted by molar-refractivity contribution is 0.167. The molecule has 1 atom stereocenters. The van der Waals surface area contributed by atoms with E-state index in [1.54, 1.807) is 13.3 Å². The molecular weight excluding hydrogens is 216 g/mol. The van der Waals surface area contributed by atoms with Crippen LogP contribution in [-0.4, -0.2) is 31.9 Å². The zero-order valence-electron chi connectivity index (χ0n) is 10.9. The van der Waals surface area contributed by atoms with Crippen LogP contribution in [0.1, 0.15) is 31.9 Å². The minimum Gasteiger partial charge on any atom is -0.492 e. The first-order chi connectivity index (χ1) is 8.31. The van der Waals surface area contributed by atoms with Gasteiger partial charge >= 0.3 is 0 Å². The normalized spacial score (nSPS) is 12.4. The van der Waals surface area contributed by atoms with Crippen molar-refractivity contribution in [3.05, 3.63) is 24.0 Å². The molecule has 1 aromatic rings. The molecule has 0 aromatic carbocycles. The molecule has 0 aliphatic rings. The molecule has 0 fully saturated rings. The SMILES string of the molecule is CCCOc1cncc(C(COC)NCC)c1. The van der Waals surface area contributed by atoms with E-state index < -0.39 is 0 Å². The summed E-state index contributed by atoms with van der Waals surface area (Å²) in [6.45, 7) is 6.42. The molecule has 0 saturated carbocycles. The van der Waals surface area contributed by atoms with Crippen LogP contribution < -0.4 is 10.1 Å². The van der Waals surface area contributed by atoms with Gasteiger partial charge in [-0.25, -0.2) is 0 Å². The van der Waals surface area contributed by atoms with Crippen LogP contribution in [0.3, 0.4) is 0 Å². The zero-order chi connectivity index (χ0) is 12.5. The molecule has 4 heteroatoms. The number of nitrogens with zero attached hydrogens (tertiary/aromatic N) is 1. The van der Waals surface area contributed by atoms with E-state index in [2.05, 4.69) is 24.1 Å². The molecule has 0 amide bonds. The summed E-state index contributed by atoms with van der Waals surface area (Å²) in [6.07, 6.45) is 4.60. The van der Waals surface area contributed by atoms with Crippen molar-refractivity contribution in [2.75, 3.05) is 26.9 Å². The van der Waals surface area contributed by atoms with Crippen molar-refractivity contribution >= 4 is 0 Å². The van der Waals surface area contributed by atoms with Gasteiger partial charge in [-0.3, -0.25) is 4.98 Å². The van der Waals surface area contributed by atoms with Crippen LogP contribution in [0.15, 0.2) is 18.5 Å². The largest absolute Gasteiger partial charge is 0.492 e. The Labute approximate surface area is 103 Å². The standard InChI is InChI=1S/C13H22N2O2/c1-4-6-17-12-7-11(8-14-9-12)13(10-16-3)15-5-2/h7-9,13,15H,4-6,10H2,1-3H3. The number of pyridine rings is 1. The van der Waals surface area contributed by atoms with Crippen molar-refractivity contribution in [1.82, 2.24) is 10.3 Å². The molecule has 1 rings (SSSR count). The molecule has 1 unspecified atom stereocenters. The Bertz CT molecular complexity index is 312. The van der Waals surface area contributed by atoms with E-state index in [4.69, 9.17) is 9.47 Å². The van der Waals surface area contributed by atoms with Gasteiger partial charge in [0.1, 0.15) is 5.75 Å². The second-order valence-electron chi connectivity index (χ2n) is 3.87. The Morgan fingerprint density at radius 2 is 2.18 bits per heavy atom. The highest BCUT2D eigenvalue weighted by Crippen LogP contribution is 2.18. The van der Waals surface area contributed by atoms with Crippen LogP contribution in [0.4, 0.5) is 0 Å². The fourth-order valence-corrected chi connectivity index (χ4v) is 1.61. The average Bonchev–Trinajstić information content (AvgIpc) is 2.36. The van der Waals surface area contributed by atoms with Gasteiger partial charge in [-0.15, -0.1) is 0 Å². The van der Waals surface area contributed by atoms with Gasteiger partial charge in [0.25, 0.3) is 0 Å². The highest BCUT2D eigenvalue weighted by Gasteiger charge is 2.11.